The number of esters is 1. The molecule has 164 valence electrons. The summed E-state index contributed by atoms with van der Waals surface area (Å²) in [6.45, 7) is 0. The number of nitrogens with zero attached hydrogens (tertiary/aromatic N) is 3. The van der Waals surface area contributed by atoms with Crippen molar-refractivity contribution >= 4 is 23.8 Å². The number of carbonyl (C=O) groups excluding carboxylic acids is 2. The molecule has 1 aliphatic carbocycles. The zero-order valence-electron chi connectivity index (χ0n) is 17.3. The molecule has 1 fully saturated rings. The zero-order valence-corrected chi connectivity index (χ0v) is 18.1. The largest absolute Gasteiger partial charge is 0.466 e. The van der Waals surface area contributed by atoms with Crippen molar-refractivity contribution in [3.63, 3.8) is 0 Å². The normalized spacial score (nSPS) is 18.6. The molecular weight excluding hydrogens is 430 g/mol. The van der Waals surface area contributed by atoms with Crippen molar-refractivity contribution in [1.82, 2.24) is 25.4 Å². The van der Waals surface area contributed by atoms with Gasteiger partial charge >= 0.3 is 12.0 Å². The molecule has 3 heterocycles. The van der Waals surface area contributed by atoms with Crippen molar-refractivity contribution < 1.29 is 18.7 Å². The first-order valence-corrected chi connectivity index (χ1v) is 11.2. The van der Waals surface area contributed by atoms with Gasteiger partial charge in [-0.25, -0.2) is 9.59 Å². The maximum Gasteiger partial charge on any atom is 0.338 e. The van der Waals surface area contributed by atoms with Gasteiger partial charge in [0.15, 0.2) is 0 Å². The number of thioether (sulfide) groups is 1. The zero-order chi connectivity index (χ0) is 22.1. The van der Waals surface area contributed by atoms with Crippen LogP contribution in [0.5, 0.6) is 0 Å². The van der Waals surface area contributed by atoms with E-state index in [4.69, 9.17) is 9.15 Å². The van der Waals surface area contributed by atoms with Crippen molar-refractivity contribution in [2.24, 2.45) is 0 Å². The molecule has 2 amide bonds. The molecule has 2 aromatic heterocycles. The van der Waals surface area contributed by atoms with E-state index >= 15 is 0 Å². The summed E-state index contributed by atoms with van der Waals surface area (Å²) < 4.78 is 10.9. The van der Waals surface area contributed by atoms with Gasteiger partial charge in [0.2, 0.25) is 0 Å². The third kappa shape index (κ3) is 3.89. The lowest BCUT2D eigenvalue weighted by Gasteiger charge is -2.36. The number of aromatic amines is 1. The summed E-state index contributed by atoms with van der Waals surface area (Å²) >= 11 is 1.28. The van der Waals surface area contributed by atoms with Gasteiger partial charge in [-0.15, -0.1) is 10.2 Å². The highest BCUT2D eigenvalue weighted by Crippen LogP contribution is 2.40. The molecule has 0 saturated heterocycles. The number of benzene rings is 1. The van der Waals surface area contributed by atoms with E-state index in [9.17, 15) is 9.59 Å². The lowest BCUT2D eigenvalue weighted by Crippen LogP contribution is -2.50. The molecule has 0 radical (unpaired) electrons. The number of carbonyl (C=O) groups is 2. The molecule has 5 rings (SSSR count). The van der Waals surface area contributed by atoms with Crippen molar-refractivity contribution in [2.45, 2.75) is 30.1 Å². The Hall–Kier alpha value is -3.53. The fourth-order valence-corrected chi connectivity index (χ4v) is 4.55. The van der Waals surface area contributed by atoms with Gasteiger partial charge in [-0.3, -0.25) is 4.90 Å². The number of methoxy groups -OCH3 is 1. The van der Waals surface area contributed by atoms with Gasteiger partial charge in [0, 0.05) is 23.7 Å². The fourth-order valence-electron chi connectivity index (χ4n) is 3.76. The summed E-state index contributed by atoms with van der Waals surface area (Å²) in [5, 5.41) is 11.5. The third-order valence-electron chi connectivity index (χ3n) is 5.39. The number of ether oxygens (including phenoxy) is 1. The van der Waals surface area contributed by atoms with E-state index < -0.39 is 12.0 Å². The number of H-pyrrole nitrogens is 1. The summed E-state index contributed by atoms with van der Waals surface area (Å²) in [5.74, 6) is 0.212. The first-order valence-electron chi connectivity index (χ1n) is 10.2. The summed E-state index contributed by atoms with van der Waals surface area (Å²) in [5.41, 5.74) is 2.56. The molecule has 2 N–H and O–H groups in total. The Morgan fingerprint density at radius 1 is 1.22 bits per heavy atom. The van der Waals surface area contributed by atoms with Crippen LogP contribution in [-0.4, -0.2) is 51.0 Å². The maximum absolute atomic E-state index is 13.1. The number of rotatable bonds is 7. The van der Waals surface area contributed by atoms with Crippen LogP contribution in [0.1, 0.15) is 24.4 Å². The van der Waals surface area contributed by atoms with Crippen LogP contribution in [-0.2, 0) is 9.53 Å². The number of hydrogen-bond acceptors (Lipinski definition) is 7. The summed E-state index contributed by atoms with van der Waals surface area (Å²) in [7, 11) is 1.35. The molecule has 1 aliphatic heterocycles. The first-order chi connectivity index (χ1) is 15.7. The fraction of sp³-hybridized carbons (Fsp3) is 0.273. The van der Waals surface area contributed by atoms with Crippen LogP contribution < -0.4 is 5.32 Å². The highest BCUT2D eigenvalue weighted by Gasteiger charge is 2.44. The number of hydrogen-bond donors (Lipinski definition) is 2. The minimum Gasteiger partial charge on any atom is -0.466 e. The lowest BCUT2D eigenvalue weighted by molar-refractivity contribution is -0.136. The summed E-state index contributed by atoms with van der Waals surface area (Å²) in [6, 6.07) is 12.3. The standard InChI is InChI=1S/C22H21N5O4S/c1-30-20(28)17-16(12-32-22-26-25-19(31-22)15-8-5-11-23-15)27(14-9-10-14)21(29)24-18(17)13-6-3-2-4-7-13/h2-8,11,14,18,23H,9-10,12H2,1H3,(H,24,29). The van der Waals surface area contributed by atoms with E-state index in [0.29, 0.717) is 28.1 Å². The predicted octanol–water partition coefficient (Wildman–Crippen LogP) is 3.51. The second kappa shape index (κ2) is 8.54. The van der Waals surface area contributed by atoms with Crippen molar-refractivity contribution in [2.75, 3.05) is 12.9 Å². The maximum atomic E-state index is 13.1. The molecule has 1 atom stereocenters. The van der Waals surface area contributed by atoms with E-state index in [1.54, 1.807) is 11.1 Å². The van der Waals surface area contributed by atoms with Crippen LogP contribution in [0.3, 0.4) is 0 Å². The van der Waals surface area contributed by atoms with Crippen molar-refractivity contribution in [3.8, 4) is 11.6 Å². The molecular formula is C22H21N5O4S. The van der Waals surface area contributed by atoms with E-state index in [2.05, 4.69) is 20.5 Å². The minimum atomic E-state index is -0.598. The third-order valence-corrected chi connectivity index (χ3v) is 6.22. The summed E-state index contributed by atoms with van der Waals surface area (Å²) in [4.78, 5) is 30.7. The van der Waals surface area contributed by atoms with Crippen LogP contribution in [0.4, 0.5) is 4.79 Å². The molecule has 0 spiro atoms. The number of amides is 2. The second-order valence-electron chi connectivity index (χ2n) is 7.49. The molecule has 0 bridgehead atoms. The molecule has 3 aromatic rings. The Bertz CT molecular complexity index is 1150. The highest BCUT2D eigenvalue weighted by molar-refractivity contribution is 7.99. The number of urea groups is 1. The SMILES string of the molecule is COC(=O)C1=C(CSc2nnc(-c3ccc[nH]3)o2)N(C2CC2)C(=O)NC1c1ccccc1. The van der Waals surface area contributed by atoms with E-state index in [1.807, 2.05) is 42.5 Å². The quantitative estimate of drug-likeness (QED) is 0.417. The van der Waals surface area contributed by atoms with Gasteiger partial charge in [0.1, 0.15) is 5.69 Å². The van der Waals surface area contributed by atoms with Crippen LogP contribution >= 0.6 is 11.8 Å². The van der Waals surface area contributed by atoms with Crippen molar-refractivity contribution in [3.05, 3.63) is 65.5 Å². The average Bonchev–Trinajstić information content (AvgIpc) is 3.29. The monoisotopic (exact) mass is 451 g/mol. The number of nitrogens with one attached hydrogen (secondary N) is 2. The molecule has 1 unspecified atom stereocenters. The Morgan fingerprint density at radius 3 is 2.72 bits per heavy atom. The average molecular weight is 452 g/mol. The van der Waals surface area contributed by atoms with Gasteiger partial charge in [0.05, 0.1) is 18.7 Å². The highest BCUT2D eigenvalue weighted by atomic mass is 32.2. The Kier molecular flexibility index (Phi) is 5.44. The van der Waals surface area contributed by atoms with E-state index in [-0.39, 0.29) is 12.1 Å². The predicted molar refractivity (Wildman–Crippen MR) is 116 cm³/mol. The van der Waals surface area contributed by atoms with Gasteiger partial charge in [-0.1, -0.05) is 42.1 Å². The number of aromatic nitrogens is 3. The Morgan fingerprint density at radius 2 is 2.03 bits per heavy atom. The minimum absolute atomic E-state index is 0.0687. The molecule has 2 aliphatic rings. The molecule has 1 aromatic carbocycles. The van der Waals surface area contributed by atoms with E-state index in [1.165, 1.54) is 18.9 Å². The van der Waals surface area contributed by atoms with Gasteiger partial charge in [0.25, 0.3) is 11.1 Å². The van der Waals surface area contributed by atoms with Crippen LogP contribution in [0.2, 0.25) is 0 Å². The first kappa shape index (κ1) is 20.4. The van der Waals surface area contributed by atoms with Gasteiger partial charge in [-0.05, 0) is 30.5 Å². The molecule has 10 heteroatoms. The van der Waals surface area contributed by atoms with Crippen molar-refractivity contribution in [1.29, 1.82) is 0 Å². The van der Waals surface area contributed by atoms with Gasteiger partial charge < -0.3 is 19.5 Å². The van der Waals surface area contributed by atoms with Crippen LogP contribution in [0.25, 0.3) is 11.6 Å². The van der Waals surface area contributed by atoms with Crippen LogP contribution in [0, 0.1) is 0 Å². The summed E-state index contributed by atoms with van der Waals surface area (Å²) in [6.07, 6.45) is 3.56. The van der Waals surface area contributed by atoms with Gasteiger partial charge in [-0.2, -0.15) is 0 Å². The Balaban J connectivity index is 1.50. The van der Waals surface area contributed by atoms with Crippen LogP contribution in [0.15, 0.2) is 69.6 Å². The lowest BCUT2D eigenvalue weighted by atomic mass is 9.95. The molecule has 1 saturated carbocycles. The molecule has 32 heavy (non-hydrogen) atoms. The smallest absolute Gasteiger partial charge is 0.338 e. The topological polar surface area (TPSA) is 113 Å². The Labute approximate surface area is 188 Å². The van der Waals surface area contributed by atoms with E-state index in [0.717, 1.165) is 24.1 Å². The molecule has 9 nitrogen and oxygen atoms in total. The second-order valence-corrected chi connectivity index (χ2v) is 8.42.